The molecule has 0 aromatic rings. The van der Waals surface area contributed by atoms with E-state index in [9.17, 15) is 4.79 Å². The first-order valence-electron chi connectivity index (χ1n) is 2.53. The lowest BCUT2D eigenvalue weighted by Crippen LogP contribution is -2.32. The highest BCUT2D eigenvalue weighted by Crippen LogP contribution is 2.10. The van der Waals surface area contributed by atoms with Crippen LogP contribution >= 0.6 is 0 Å². The molecule has 1 aliphatic rings. The van der Waals surface area contributed by atoms with Crippen LogP contribution in [-0.4, -0.2) is 24.4 Å². The van der Waals surface area contributed by atoms with Gasteiger partial charge in [0.05, 0.1) is 6.04 Å². The molecule has 1 radical (unpaired) electrons. The number of carbonyl (C=O) groups excluding carboxylic acids is 1. The SMILES string of the molecule is CN(C=O)C1[CH]C=C1. The zero-order valence-corrected chi connectivity index (χ0v) is 4.74. The van der Waals surface area contributed by atoms with Crippen LogP contribution in [0.3, 0.4) is 0 Å². The summed E-state index contributed by atoms with van der Waals surface area (Å²) >= 11 is 0. The Hall–Kier alpha value is -0.790. The van der Waals surface area contributed by atoms with Crippen molar-refractivity contribution in [3.63, 3.8) is 0 Å². The Morgan fingerprint density at radius 3 is 2.50 bits per heavy atom. The Bertz CT molecular complexity index is 120. The van der Waals surface area contributed by atoms with E-state index in [2.05, 4.69) is 0 Å². The number of hydrogen-bond donors (Lipinski definition) is 0. The molecule has 1 atom stereocenters. The van der Waals surface area contributed by atoms with E-state index in [1.54, 1.807) is 11.9 Å². The van der Waals surface area contributed by atoms with Gasteiger partial charge in [0.2, 0.25) is 6.41 Å². The maximum absolute atomic E-state index is 10.0. The van der Waals surface area contributed by atoms with Gasteiger partial charge in [-0.2, -0.15) is 0 Å². The molecule has 0 aromatic carbocycles. The minimum Gasteiger partial charge on any atom is -0.341 e. The topological polar surface area (TPSA) is 20.3 Å². The van der Waals surface area contributed by atoms with Crippen molar-refractivity contribution < 1.29 is 4.79 Å². The van der Waals surface area contributed by atoms with E-state index in [1.165, 1.54) is 0 Å². The molecule has 0 saturated heterocycles. The molecule has 1 amide bonds. The highest BCUT2D eigenvalue weighted by molar-refractivity contribution is 5.50. The van der Waals surface area contributed by atoms with E-state index in [4.69, 9.17) is 0 Å². The molecule has 0 saturated carbocycles. The van der Waals surface area contributed by atoms with Gasteiger partial charge in [0.15, 0.2) is 0 Å². The van der Waals surface area contributed by atoms with Gasteiger partial charge in [-0.05, 0) is 0 Å². The third kappa shape index (κ3) is 0.735. The summed E-state index contributed by atoms with van der Waals surface area (Å²) in [6, 6.07) is 0.257. The van der Waals surface area contributed by atoms with Gasteiger partial charge in [0.25, 0.3) is 0 Å². The van der Waals surface area contributed by atoms with Gasteiger partial charge in [-0.25, -0.2) is 0 Å². The van der Waals surface area contributed by atoms with Crippen molar-refractivity contribution in [2.45, 2.75) is 6.04 Å². The normalized spacial score (nSPS) is 24.4. The highest BCUT2D eigenvalue weighted by Gasteiger charge is 2.13. The molecule has 0 bridgehead atoms. The van der Waals surface area contributed by atoms with E-state index < -0.39 is 0 Å². The molecule has 0 spiro atoms. The zero-order valence-electron chi connectivity index (χ0n) is 4.74. The fourth-order valence-corrected chi connectivity index (χ4v) is 0.552. The van der Waals surface area contributed by atoms with E-state index >= 15 is 0 Å². The molecular formula is C6H8NO. The lowest BCUT2D eigenvalue weighted by Gasteiger charge is -2.24. The molecule has 0 fully saturated rings. The van der Waals surface area contributed by atoms with Crippen molar-refractivity contribution in [3.8, 4) is 0 Å². The Labute approximate surface area is 48.8 Å². The Morgan fingerprint density at radius 2 is 2.38 bits per heavy atom. The van der Waals surface area contributed by atoms with Crippen LogP contribution in [0.1, 0.15) is 0 Å². The zero-order chi connectivity index (χ0) is 5.98. The van der Waals surface area contributed by atoms with E-state index in [-0.39, 0.29) is 6.04 Å². The van der Waals surface area contributed by atoms with Gasteiger partial charge in [-0.15, -0.1) is 0 Å². The maximum Gasteiger partial charge on any atom is 0.209 e. The summed E-state index contributed by atoms with van der Waals surface area (Å²) in [5, 5.41) is 0. The summed E-state index contributed by atoms with van der Waals surface area (Å²) in [5.41, 5.74) is 0. The number of hydrogen-bond acceptors (Lipinski definition) is 1. The first kappa shape index (κ1) is 5.35. The molecule has 0 aromatic heterocycles. The van der Waals surface area contributed by atoms with Crippen LogP contribution in [0.4, 0.5) is 0 Å². The molecule has 0 heterocycles. The van der Waals surface area contributed by atoms with Crippen LogP contribution in [-0.2, 0) is 4.79 Å². The number of nitrogens with zero attached hydrogens (tertiary/aromatic N) is 1. The Kier molecular flexibility index (Phi) is 1.33. The molecule has 1 rings (SSSR count). The standard InChI is InChI=1S/C6H8NO/c1-7(5-8)6-3-2-4-6/h2-6H,1H3. The molecule has 0 N–H and O–H groups in total. The second-order valence-corrected chi connectivity index (χ2v) is 1.84. The Morgan fingerprint density at radius 1 is 1.75 bits per heavy atom. The molecule has 2 nitrogen and oxygen atoms in total. The van der Waals surface area contributed by atoms with E-state index in [0.29, 0.717) is 0 Å². The smallest absolute Gasteiger partial charge is 0.209 e. The summed E-state index contributed by atoms with van der Waals surface area (Å²) in [7, 11) is 1.76. The second kappa shape index (κ2) is 1.99. The van der Waals surface area contributed by atoms with E-state index in [1.807, 2.05) is 18.6 Å². The highest BCUT2D eigenvalue weighted by atomic mass is 16.1. The van der Waals surface area contributed by atoms with Gasteiger partial charge < -0.3 is 4.90 Å². The van der Waals surface area contributed by atoms with Crippen LogP contribution in [0.25, 0.3) is 0 Å². The quantitative estimate of drug-likeness (QED) is 0.465. The molecule has 43 valence electrons. The summed E-state index contributed by atoms with van der Waals surface area (Å²) in [6.07, 6.45) is 6.69. The largest absolute Gasteiger partial charge is 0.341 e. The van der Waals surface area contributed by atoms with Gasteiger partial charge in [0, 0.05) is 13.5 Å². The van der Waals surface area contributed by atoms with Crippen molar-refractivity contribution in [2.24, 2.45) is 0 Å². The summed E-state index contributed by atoms with van der Waals surface area (Å²) < 4.78 is 0. The van der Waals surface area contributed by atoms with E-state index in [0.717, 1.165) is 6.41 Å². The maximum atomic E-state index is 10.0. The van der Waals surface area contributed by atoms with Crippen LogP contribution in [0.2, 0.25) is 0 Å². The molecule has 1 unspecified atom stereocenters. The first-order chi connectivity index (χ1) is 3.84. The van der Waals surface area contributed by atoms with Crippen LogP contribution in [0.5, 0.6) is 0 Å². The summed E-state index contributed by atoms with van der Waals surface area (Å²) in [4.78, 5) is 11.6. The fraction of sp³-hybridized carbons (Fsp3) is 0.333. The predicted molar refractivity (Wildman–Crippen MR) is 31.1 cm³/mol. The lowest BCUT2D eigenvalue weighted by atomic mass is 10.0. The van der Waals surface area contributed by atoms with Crippen molar-refractivity contribution in [2.75, 3.05) is 7.05 Å². The van der Waals surface area contributed by atoms with Gasteiger partial charge in [-0.3, -0.25) is 4.79 Å². The van der Waals surface area contributed by atoms with Crippen LogP contribution in [0.15, 0.2) is 12.2 Å². The fourth-order valence-electron chi connectivity index (χ4n) is 0.552. The molecule has 8 heavy (non-hydrogen) atoms. The van der Waals surface area contributed by atoms with Gasteiger partial charge in [0.1, 0.15) is 0 Å². The summed E-state index contributed by atoms with van der Waals surface area (Å²) in [6.45, 7) is 0. The van der Waals surface area contributed by atoms with Crippen molar-refractivity contribution in [1.82, 2.24) is 4.90 Å². The molecule has 2 heteroatoms. The second-order valence-electron chi connectivity index (χ2n) is 1.84. The van der Waals surface area contributed by atoms with Crippen LogP contribution in [0, 0.1) is 6.42 Å². The van der Waals surface area contributed by atoms with Crippen molar-refractivity contribution in [3.05, 3.63) is 18.6 Å². The predicted octanol–water partition coefficient (Wildman–Crippen LogP) is 0.217. The van der Waals surface area contributed by atoms with Gasteiger partial charge >= 0.3 is 0 Å². The number of rotatable bonds is 2. The first-order valence-corrected chi connectivity index (χ1v) is 2.53. The van der Waals surface area contributed by atoms with Crippen LogP contribution < -0.4 is 0 Å². The minimum atomic E-state index is 0.257. The summed E-state index contributed by atoms with van der Waals surface area (Å²) in [5.74, 6) is 0. The lowest BCUT2D eigenvalue weighted by molar-refractivity contribution is -0.117. The third-order valence-electron chi connectivity index (χ3n) is 1.25. The number of amides is 1. The van der Waals surface area contributed by atoms with Crippen molar-refractivity contribution >= 4 is 6.41 Å². The Balaban J connectivity index is 2.35. The third-order valence-corrected chi connectivity index (χ3v) is 1.25. The number of likely N-dealkylation sites (N-methyl/N-ethyl adjacent to an activating group) is 1. The minimum absolute atomic E-state index is 0.257. The molecular weight excluding hydrogens is 102 g/mol. The monoisotopic (exact) mass is 110 g/mol. The average Bonchev–Trinajstić information content (AvgIpc) is 1.62. The van der Waals surface area contributed by atoms with Crippen molar-refractivity contribution in [1.29, 1.82) is 0 Å². The molecule has 1 aliphatic carbocycles. The molecule has 0 aliphatic heterocycles. The van der Waals surface area contributed by atoms with Gasteiger partial charge in [-0.1, -0.05) is 12.2 Å². The average molecular weight is 110 g/mol. The number of carbonyl (C=O) groups is 1.